The smallest absolute Gasteiger partial charge is 0.160 e. The van der Waals surface area contributed by atoms with Crippen molar-refractivity contribution in [2.45, 2.75) is 51.4 Å². The average Bonchev–Trinajstić information content (AvgIpc) is 3.00. The molecule has 0 aliphatic heterocycles. The molecule has 5 aliphatic rings. The highest BCUT2D eigenvalue weighted by Gasteiger charge is 2.70. The average molecular weight is 268 g/mol. The summed E-state index contributed by atoms with van der Waals surface area (Å²) in [4.78, 5) is 25.5. The van der Waals surface area contributed by atoms with Crippen LogP contribution < -0.4 is 0 Å². The predicted molar refractivity (Wildman–Crippen MR) is 75.0 cm³/mol. The zero-order valence-electron chi connectivity index (χ0n) is 11.8. The second kappa shape index (κ2) is 3.52. The van der Waals surface area contributed by atoms with E-state index in [-0.39, 0.29) is 29.0 Å². The maximum absolute atomic E-state index is 12.9. The Morgan fingerprint density at radius 2 is 1.70 bits per heavy atom. The monoisotopic (exact) mass is 268 g/mol. The van der Waals surface area contributed by atoms with Gasteiger partial charge in [0.2, 0.25) is 0 Å². The summed E-state index contributed by atoms with van der Waals surface area (Å²) in [5.74, 6) is 0.787. The molecule has 0 heterocycles. The van der Waals surface area contributed by atoms with Crippen molar-refractivity contribution in [3.8, 4) is 0 Å². The molecule has 0 radical (unpaired) electrons. The highest BCUT2D eigenvalue weighted by Crippen LogP contribution is 2.70. The molecule has 0 aromatic rings. The minimum Gasteiger partial charge on any atom is -0.298 e. The van der Waals surface area contributed by atoms with Crippen molar-refractivity contribution in [2.24, 2.45) is 23.2 Å². The molecule has 2 fully saturated rings. The van der Waals surface area contributed by atoms with Gasteiger partial charge in [-0.3, -0.25) is 9.59 Å². The summed E-state index contributed by atoms with van der Waals surface area (Å²) >= 11 is 0. The van der Waals surface area contributed by atoms with Crippen LogP contribution in [0.5, 0.6) is 0 Å². The van der Waals surface area contributed by atoms with E-state index in [2.05, 4.69) is 0 Å². The number of carbonyl (C=O) groups is 2. The van der Waals surface area contributed by atoms with Crippen LogP contribution in [-0.2, 0) is 9.59 Å². The topological polar surface area (TPSA) is 34.1 Å². The van der Waals surface area contributed by atoms with Crippen LogP contribution in [-0.4, -0.2) is 11.6 Å². The zero-order valence-corrected chi connectivity index (χ0v) is 11.8. The molecular formula is C18H20O2. The van der Waals surface area contributed by atoms with Crippen LogP contribution in [0, 0.1) is 23.2 Å². The van der Waals surface area contributed by atoms with Crippen molar-refractivity contribution in [3.05, 3.63) is 22.8 Å². The minimum absolute atomic E-state index is 0.00662. The molecule has 104 valence electrons. The quantitative estimate of drug-likeness (QED) is 0.631. The van der Waals surface area contributed by atoms with E-state index < -0.39 is 0 Å². The van der Waals surface area contributed by atoms with Gasteiger partial charge in [-0.15, -0.1) is 0 Å². The fourth-order valence-corrected chi connectivity index (χ4v) is 6.26. The molecule has 0 N–H and O–H groups in total. The number of hydrogen-bond acceptors (Lipinski definition) is 2. The minimum atomic E-state index is -0.0484. The van der Waals surface area contributed by atoms with Crippen molar-refractivity contribution in [3.63, 3.8) is 0 Å². The van der Waals surface area contributed by atoms with Crippen LogP contribution in [0.1, 0.15) is 51.4 Å². The lowest BCUT2D eigenvalue weighted by Crippen LogP contribution is -2.40. The van der Waals surface area contributed by atoms with Gasteiger partial charge < -0.3 is 0 Å². The molecule has 4 atom stereocenters. The Morgan fingerprint density at radius 1 is 0.950 bits per heavy atom. The van der Waals surface area contributed by atoms with E-state index >= 15 is 0 Å². The number of fused-ring (bicyclic) bond motifs is 5. The summed E-state index contributed by atoms with van der Waals surface area (Å²) in [6.45, 7) is 0. The van der Waals surface area contributed by atoms with Crippen molar-refractivity contribution in [2.75, 3.05) is 0 Å². The molecule has 2 nitrogen and oxygen atoms in total. The van der Waals surface area contributed by atoms with Gasteiger partial charge in [-0.25, -0.2) is 0 Å². The van der Waals surface area contributed by atoms with E-state index in [1.807, 2.05) is 6.08 Å². The third-order valence-electron chi connectivity index (χ3n) is 6.78. The number of carbonyl (C=O) groups excluding carboxylic acids is 2. The molecule has 2 heteroatoms. The summed E-state index contributed by atoms with van der Waals surface area (Å²) < 4.78 is 0. The molecule has 2 saturated carbocycles. The number of Topliss-reactive ketones (excluding diaryl/α,β-unsaturated/α-hetero) is 1. The molecule has 0 saturated heterocycles. The van der Waals surface area contributed by atoms with Gasteiger partial charge in [0, 0.05) is 17.3 Å². The second-order valence-electron chi connectivity index (χ2n) is 7.37. The lowest BCUT2D eigenvalue weighted by atomic mass is 9.57. The Morgan fingerprint density at radius 3 is 2.55 bits per heavy atom. The van der Waals surface area contributed by atoms with Crippen LogP contribution in [0.15, 0.2) is 22.8 Å². The number of rotatable bonds is 0. The summed E-state index contributed by atoms with van der Waals surface area (Å²) in [5.41, 5.74) is 4.17. The lowest BCUT2D eigenvalue weighted by molar-refractivity contribution is -0.124. The SMILES string of the molecule is O=C1[C@@H]2C3=C(CCCC3)[C@@H]1[C@@]13CCCCC1=CC(=O)[C@H]23. The summed E-state index contributed by atoms with van der Waals surface area (Å²) in [6, 6.07) is 0. The van der Waals surface area contributed by atoms with Gasteiger partial charge in [-0.05, 0) is 51.0 Å². The normalized spacial score (nSPS) is 45.4. The Kier molecular flexibility index (Phi) is 2.02. The fourth-order valence-electron chi connectivity index (χ4n) is 6.26. The van der Waals surface area contributed by atoms with Crippen molar-refractivity contribution in [1.82, 2.24) is 0 Å². The molecule has 1 spiro atoms. The van der Waals surface area contributed by atoms with Crippen LogP contribution in [0.2, 0.25) is 0 Å². The highest BCUT2D eigenvalue weighted by molar-refractivity contribution is 6.08. The van der Waals surface area contributed by atoms with E-state index in [9.17, 15) is 9.59 Å². The third kappa shape index (κ3) is 1.03. The molecule has 0 amide bonds. The lowest BCUT2D eigenvalue weighted by Gasteiger charge is -2.45. The van der Waals surface area contributed by atoms with Crippen LogP contribution in [0.25, 0.3) is 0 Å². The van der Waals surface area contributed by atoms with Gasteiger partial charge >= 0.3 is 0 Å². The summed E-state index contributed by atoms with van der Waals surface area (Å²) in [7, 11) is 0. The molecule has 0 aromatic heterocycles. The van der Waals surface area contributed by atoms with Gasteiger partial charge in [0.05, 0.1) is 5.92 Å². The maximum Gasteiger partial charge on any atom is 0.160 e. The van der Waals surface area contributed by atoms with E-state index in [0.717, 1.165) is 25.7 Å². The Balaban J connectivity index is 1.74. The van der Waals surface area contributed by atoms with E-state index in [4.69, 9.17) is 0 Å². The number of allylic oxidation sites excluding steroid dienone is 4. The van der Waals surface area contributed by atoms with Gasteiger partial charge in [-0.2, -0.15) is 0 Å². The number of ketones is 2. The summed E-state index contributed by atoms with van der Waals surface area (Å²) in [6.07, 6.45) is 11.1. The first-order chi connectivity index (χ1) is 9.75. The Bertz CT molecular complexity index is 609. The van der Waals surface area contributed by atoms with Crippen molar-refractivity contribution < 1.29 is 9.59 Å². The first-order valence-corrected chi connectivity index (χ1v) is 8.25. The van der Waals surface area contributed by atoms with E-state index in [1.165, 1.54) is 42.4 Å². The van der Waals surface area contributed by atoms with Crippen LogP contribution in [0.4, 0.5) is 0 Å². The van der Waals surface area contributed by atoms with Gasteiger partial charge in [0.15, 0.2) is 5.78 Å². The van der Waals surface area contributed by atoms with Crippen LogP contribution in [0.3, 0.4) is 0 Å². The van der Waals surface area contributed by atoms with Crippen molar-refractivity contribution in [1.29, 1.82) is 0 Å². The molecule has 20 heavy (non-hydrogen) atoms. The molecule has 2 bridgehead atoms. The molecule has 0 aromatic carbocycles. The fraction of sp³-hybridized carbons (Fsp3) is 0.667. The first-order valence-electron chi connectivity index (χ1n) is 8.25. The summed E-state index contributed by atoms with van der Waals surface area (Å²) in [5, 5.41) is 0. The second-order valence-corrected chi connectivity index (χ2v) is 7.37. The van der Waals surface area contributed by atoms with Gasteiger partial charge in [0.25, 0.3) is 0 Å². The van der Waals surface area contributed by atoms with E-state index in [0.29, 0.717) is 5.78 Å². The maximum atomic E-state index is 12.9. The molecule has 0 unspecified atom stereocenters. The van der Waals surface area contributed by atoms with Gasteiger partial charge in [0.1, 0.15) is 5.78 Å². The third-order valence-corrected chi connectivity index (χ3v) is 6.78. The zero-order chi connectivity index (χ0) is 13.5. The van der Waals surface area contributed by atoms with Gasteiger partial charge in [-0.1, -0.05) is 23.1 Å². The van der Waals surface area contributed by atoms with E-state index in [1.54, 1.807) is 0 Å². The molecule has 5 aliphatic carbocycles. The largest absolute Gasteiger partial charge is 0.298 e. The van der Waals surface area contributed by atoms with Crippen molar-refractivity contribution >= 4 is 11.6 Å². The molecular weight excluding hydrogens is 248 g/mol. The Labute approximate surface area is 119 Å². The van der Waals surface area contributed by atoms with Crippen LogP contribution >= 0.6 is 0 Å². The molecule has 5 rings (SSSR count). The first kappa shape index (κ1) is 11.5. The standard InChI is InChI=1S/C18H20O2/c19-13-9-10-5-3-4-8-18(10)15-12-7-2-1-6-11(12)14(16(13)18)17(15)20/h9,14-16H,1-8H2/t14-,15+,16-,18-/m1/s1. The highest BCUT2D eigenvalue weighted by atomic mass is 16.1. The predicted octanol–water partition coefficient (Wildman–Crippen LogP) is 3.37. The Hall–Kier alpha value is -1.18. The number of hydrogen-bond donors (Lipinski definition) is 0.